The quantitative estimate of drug-likeness (QED) is 0.628. The molecule has 0 bridgehead atoms. The van der Waals surface area contributed by atoms with Crippen LogP contribution in [0.15, 0.2) is 60.8 Å². The van der Waals surface area contributed by atoms with Crippen LogP contribution in [-0.2, 0) is 0 Å². The summed E-state index contributed by atoms with van der Waals surface area (Å²) in [7, 11) is 1.64. The molecule has 0 unspecified atom stereocenters. The molecule has 2 N–H and O–H groups in total. The van der Waals surface area contributed by atoms with Crippen LogP contribution in [0.5, 0.6) is 5.75 Å². The number of nitrogens with two attached hydrogens (primary N) is 1. The predicted molar refractivity (Wildman–Crippen MR) is 93.1 cm³/mol. The molecule has 6 heteroatoms. The van der Waals surface area contributed by atoms with E-state index in [2.05, 4.69) is 15.1 Å². The van der Waals surface area contributed by atoms with Crippen LogP contribution in [0.1, 0.15) is 0 Å². The number of ether oxygens (including phenoxy) is 1. The third kappa shape index (κ3) is 2.44. The molecule has 0 saturated heterocycles. The summed E-state index contributed by atoms with van der Waals surface area (Å²) >= 11 is 0. The molecule has 0 aliphatic carbocycles. The molecule has 24 heavy (non-hydrogen) atoms. The molecule has 2 aromatic heterocycles. The molecule has 0 fully saturated rings. The molecule has 0 radical (unpaired) electrons. The normalized spacial score (nSPS) is 10.9. The molecule has 4 rings (SSSR count). The van der Waals surface area contributed by atoms with Gasteiger partial charge in [-0.1, -0.05) is 30.3 Å². The third-order valence-electron chi connectivity index (χ3n) is 3.76. The monoisotopic (exact) mass is 317 g/mol. The van der Waals surface area contributed by atoms with E-state index < -0.39 is 0 Å². The summed E-state index contributed by atoms with van der Waals surface area (Å²) in [6.45, 7) is 0. The number of rotatable bonds is 3. The highest BCUT2D eigenvalue weighted by Gasteiger charge is 2.12. The van der Waals surface area contributed by atoms with E-state index in [1.165, 1.54) is 0 Å². The SMILES string of the molecule is COc1ccc(-n2cc3nc(-c4ccccc4)nc(N)c3n2)cc1. The molecule has 2 aromatic carbocycles. The second-order valence-corrected chi connectivity index (χ2v) is 5.30. The van der Waals surface area contributed by atoms with E-state index in [-0.39, 0.29) is 0 Å². The highest BCUT2D eigenvalue weighted by molar-refractivity contribution is 5.85. The molecule has 6 nitrogen and oxygen atoms in total. The van der Waals surface area contributed by atoms with Gasteiger partial charge in [0, 0.05) is 5.56 Å². The van der Waals surface area contributed by atoms with Crippen molar-refractivity contribution in [1.82, 2.24) is 19.7 Å². The van der Waals surface area contributed by atoms with Gasteiger partial charge >= 0.3 is 0 Å². The molecule has 118 valence electrons. The van der Waals surface area contributed by atoms with E-state index >= 15 is 0 Å². The second-order valence-electron chi connectivity index (χ2n) is 5.30. The second kappa shape index (κ2) is 5.66. The average molecular weight is 317 g/mol. The Morgan fingerprint density at radius 3 is 2.42 bits per heavy atom. The Labute approximate surface area is 138 Å². The van der Waals surface area contributed by atoms with Crippen molar-refractivity contribution in [2.75, 3.05) is 12.8 Å². The van der Waals surface area contributed by atoms with Crippen LogP contribution in [-0.4, -0.2) is 26.9 Å². The Hall–Kier alpha value is -3.41. The van der Waals surface area contributed by atoms with Crippen molar-refractivity contribution in [3.8, 4) is 22.8 Å². The van der Waals surface area contributed by atoms with Crippen molar-refractivity contribution in [1.29, 1.82) is 0 Å². The zero-order valence-electron chi connectivity index (χ0n) is 13.0. The van der Waals surface area contributed by atoms with Gasteiger partial charge in [-0.3, -0.25) is 0 Å². The zero-order valence-corrected chi connectivity index (χ0v) is 13.0. The van der Waals surface area contributed by atoms with Crippen LogP contribution < -0.4 is 10.5 Å². The van der Waals surface area contributed by atoms with Crippen molar-refractivity contribution in [3.05, 3.63) is 60.8 Å². The largest absolute Gasteiger partial charge is 0.497 e. The van der Waals surface area contributed by atoms with Crippen molar-refractivity contribution >= 4 is 16.9 Å². The Kier molecular flexibility index (Phi) is 3.35. The highest BCUT2D eigenvalue weighted by atomic mass is 16.5. The molecule has 0 amide bonds. The van der Waals surface area contributed by atoms with Gasteiger partial charge in [-0.25, -0.2) is 14.6 Å². The van der Waals surface area contributed by atoms with Crippen molar-refractivity contribution < 1.29 is 4.74 Å². The maximum Gasteiger partial charge on any atom is 0.162 e. The number of aromatic nitrogens is 4. The summed E-state index contributed by atoms with van der Waals surface area (Å²) in [5, 5.41) is 4.50. The fourth-order valence-electron chi connectivity index (χ4n) is 2.52. The summed E-state index contributed by atoms with van der Waals surface area (Å²) in [6.07, 6.45) is 1.85. The molecule has 0 saturated carbocycles. The summed E-state index contributed by atoms with van der Waals surface area (Å²) < 4.78 is 6.92. The van der Waals surface area contributed by atoms with Gasteiger partial charge in [0.15, 0.2) is 17.2 Å². The number of fused-ring (bicyclic) bond motifs is 1. The van der Waals surface area contributed by atoms with Crippen LogP contribution in [0.3, 0.4) is 0 Å². The summed E-state index contributed by atoms with van der Waals surface area (Å²) in [5.74, 6) is 1.75. The van der Waals surface area contributed by atoms with E-state index in [9.17, 15) is 0 Å². The minimum absolute atomic E-state index is 0.367. The van der Waals surface area contributed by atoms with Crippen molar-refractivity contribution in [3.63, 3.8) is 0 Å². The van der Waals surface area contributed by atoms with Gasteiger partial charge in [-0.15, -0.1) is 0 Å². The lowest BCUT2D eigenvalue weighted by Crippen LogP contribution is -1.97. The van der Waals surface area contributed by atoms with Gasteiger partial charge in [0.1, 0.15) is 11.3 Å². The molecule has 0 aliphatic heterocycles. The fourth-order valence-corrected chi connectivity index (χ4v) is 2.52. The molecule has 2 heterocycles. The van der Waals surface area contributed by atoms with E-state index in [0.717, 1.165) is 17.0 Å². The smallest absolute Gasteiger partial charge is 0.162 e. The van der Waals surface area contributed by atoms with Crippen LogP contribution >= 0.6 is 0 Å². The first-order valence-corrected chi connectivity index (χ1v) is 7.47. The first kappa shape index (κ1) is 14.2. The summed E-state index contributed by atoms with van der Waals surface area (Å²) in [5.41, 5.74) is 9.20. The summed E-state index contributed by atoms with van der Waals surface area (Å²) in [4.78, 5) is 8.96. The molecule has 0 aliphatic rings. The van der Waals surface area contributed by atoms with E-state index in [4.69, 9.17) is 10.5 Å². The minimum atomic E-state index is 0.367. The molecular formula is C18H15N5O. The third-order valence-corrected chi connectivity index (χ3v) is 3.76. The van der Waals surface area contributed by atoms with Gasteiger partial charge < -0.3 is 10.5 Å². The number of nitrogen functional groups attached to an aromatic ring is 1. The average Bonchev–Trinajstić information content (AvgIpc) is 3.07. The topological polar surface area (TPSA) is 78.8 Å². The molecular weight excluding hydrogens is 302 g/mol. The van der Waals surface area contributed by atoms with Gasteiger partial charge in [0.25, 0.3) is 0 Å². The van der Waals surface area contributed by atoms with E-state index in [1.807, 2.05) is 60.8 Å². The number of methoxy groups -OCH3 is 1. The Balaban J connectivity index is 1.81. The van der Waals surface area contributed by atoms with Crippen LogP contribution in [0.4, 0.5) is 5.82 Å². The Morgan fingerprint density at radius 2 is 1.71 bits per heavy atom. The predicted octanol–water partition coefficient (Wildman–Crippen LogP) is 3.07. The number of anilines is 1. The van der Waals surface area contributed by atoms with Crippen molar-refractivity contribution in [2.24, 2.45) is 0 Å². The lowest BCUT2D eigenvalue weighted by atomic mass is 10.2. The van der Waals surface area contributed by atoms with Gasteiger partial charge in [-0.05, 0) is 24.3 Å². The lowest BCUT2D eigenvalue weighted by Gasteiger charge is -2.02. The Morgan fingerprint density at radius 1 is 0.958 bits per heavy atom. The lowest BCUT2D eigenvalue weighted by molar-refractivity contribution is 0.414. The van der Waals surface area contributed by atoms with Gasteiger partial charge in [-0.2, -0.15) is 5.10 Å². The first-order valence-electron chi connectivity index (χ1n) is 7.47. The van der Waals surface area contributed by atoms with Crippen LogP contribution in [0, 0.1) is 0 Å². The zero-order chi connectivity index (χ0) is 16.5. The fraction of sp³-hybridized carbons (Fsp3) is 0.0556. The number of benzene rings is 2. The number of hydrogen-bond acceptors (Lipinski definition) is 5. The Bertz CT molecular complexity index is 993. The van der Waals surface area contributed by atoms with E-state index in [1.54, 1.807) is 11.8 Å². The maximum atomic E-state index is 6.08. The highest BCUT2D eigenvalue weighted by Crippen LogP contribution is 2.23. The molecule has 4 aromatic rings. The maximum absolute atomic E-state index is 6.08. The van der Waals surface area contributed by atoms with Gasteiger partial charge in [0.2, 0.25) is 0 Å². The van der Waals surface area contributed by atoms with E-state index in [0.29, 0.717) is 22.7 Å². The summed E-state index contributed by atoms with van der Waals surface area (Å²) in [6, 6.07) is 17.4. The number of hydrogen-bond donors (Lipinski definition) is 1. The van der Waals surface area contributed by atoms with Gasteiger partial charge in [0.05, 0.1) is 19.0 Å². The first-order chi connectivity index (χ1) is 11.7. The minimum Gasteiger partial charge on any atom is -0.497 e. The van der Waals surface area contributed by atoms with Crippen LogP contribution in [0.2, 0.25) is 0 Å². The number of nitrogens with zero attached hydrogens (tertiary/aromatic N) is 4. The van der Waals surface area contributed by atoms with Crippen LogP contribution in [0.25, 0.3) is 28.1 Å². The van der Waals surface area contributed by atoms with Crippen molar-refractivity contribution in [2.45, 2.75) is 0 Å². The standard InChI is InChI=1S/C18H15N5O/c1-24-14-9-7-13(8-10-14)23-11-15-16(22-23)17(19)21-18(20-15)12-5-3-2-4-6-12/h2-11H,1H3,(H2,19,20,21). The molecule has 0 spiro atoms. The molecule has 0 atom stereocenters.